The van der Waals surface area contributed by atoms with Crippen molar-refractivity contribution in [1.82, 2.24) is 0 Å². The van der Waals surface area contributed by atoms with E-state index in [2.05, 4.69) is 0 Å². The Bertz CT molecular complexity index is 539. The smallest absolute Gasteiger partial charge is 0.394 e. The van der Waals surface area contributed by atoms with E-state index in [1.54, 1.807) is 17.9 Å². The molecule has 20 heavy (non-hydrogen) atoms. The lowest BCUT2D eigenvalue weighted by Crippen LogP contribution is -2.28. The Hall–Kier alpha value is -1.78. The number of alkyl halides is 3. The highest BCUT2D eigenvalue weighted by Crippen LogP contribution is 2.35. The van der Waals surface area contributed by atoms with Crippen molar-refractivity contribution >= 4 is 5.69 Å². The summed E-state index contributed by atoms with van der Waals surface area (Å²) < 4.78 is 44.1. The second-order valence-corrected chi connectivity index (χ2v) is 4.53. The van der Waals surface area contributed by atoms with Crippen molar-refractivity contribution < 1.29 is 23.0 Å². The summed E-state index contributed by atoms with van der Waals surface area (Å²) in [6, 6.07) is 5.09. The molecule has 0 saturated carbocycles. The molecule has 2 atom stereocenters. The van der Waals surface area contributed by atoms with E-state index in [0.29, 0.717) is 12.2 Å². The molecule has 0 bridgehead atoms. The minimum Gasteiger partial charge on any atom is -0.394 e. The van der Waals surface area contributed by atoms with E-state index in [4.69, 9.17) is 15.1 Å². The van der Waals surface area contributed by atoms with Gasteiger partial charge in [0.15, 0.2) is 0 Å². The summed E-state index contributed by atoms with van der Waals surface area (Å²) in [6.45, 7) is 1.81. The van der Waals surface area contributed by atoms with Crippen LogP contribution >= 0.6 is 0 Å². The van der Waals surface area contributed by atoms with Gasteiger partial charge >= 0.3 is 6.18 Å². The van der Waals surface area contributed by atoms with Crippen molar-refractivity contribution in [3.63, 3.8) is 0 Å². The zero-order chi connectivity index (χ0) is 14.9. The van der Waals surface area contributed by atoms with Crippen LogP contribution < -0.4 is 4.90 Å². The van der Waals surface area contributed by atoms with Crippen LogP contribution in [0.2, 0.25) is 0 Å². The molecule has 1 aliphatic rings. The SMILES string of the molecule is C[C@H]1O[C@H](CO)CN1c1ccc(C#N)c(C(F)(F)F)c1. The number of aliphatic hydroxyl groups is 1. The number of benzene rings is 1. The first-order valence-corrected chi connectivity index (χ1v) is 6.01. The predicted octanol–water partition coefficient (Wildman–Crippen LogP) is 2.12. The number of hydrogen-bond acceptors (Lipinski definition) is 4. The average molecular weight is 286 g/mol. The predicted molar refractivity (Wildman–Crippen MR) is 64.9 cm³/mol. The molecular formula is C13H13F3N2O2. The van der Waals surface area contributed by atoms with Crippen molar-refractivity contribution in [3.05, 3.63) is 29.3 Å². The molecule has 7 heteroatoms. The third kappa shape index (κ3) is 2.71. The first kappa shape index (κ1) is 14.6. The molecule has 0 aliphatic carbocycles. The summed E-state index contributed by atoms with van der Waals surface area (Å²) in [5.74, 6) is 0. The molecule has 2 rings (SSSR count). The van der Waals surface area contributed by atoms with Crippen molar-refractivity contribution in [3.8, 4) is 6.07 Å². The van der Waals surface area contributed by atoms with Crippen LogP contribution in [0.15, 0.2) is 18.2 Å². The normalized spacial score (nSPS) is 22.9. The number of hydrogen-bond donors (Lipinski definition) is 1. The first-order valence-electron chi connectivity index (χ1n) is 6.01. The second-order valence-electron chi connectivity index (χ2n) is 4.53. The summed E-state index contributed by atoms with van der Waals surface area (Å²) in [4.78, 5) is 1.62. The fourth-order valence-electron chi connectivity index (χ4n) is 2.22. The van der Waals surface area contributed by atoms with Crippen molar-refractivity contribution in [2.75, 3.05) is 18.1 Å². The zero-order valence-corrected chi connectivity index (χ0v) is 10.7. The molecule has 1 aromatic rings. The van der Waals surface area contributed by atoms with Gasteiger partial charge < -0.3 is 14.7 Å². The number of ether oxygens (including phenoxy) is 1. The maximum absolute atomic E-state index is 12.9. The van der Waals surface area contributed by atoms with Crippen LogP contribution in [-0.2, 0) is 10.9 Å². The highest BCUT2D eigenvalue weighted by molar-refractivity contribution is 5.55. The van der Waals surface area contributed by atoms with E-state index < -0.39 is 29.6 Å². The third-order valence-electron chi connectivity index (χ3n) is 3.19. The van der Waals surface area contributed by atoms with Crippen molar-refractivity contribution in [2.45, 2.75) is 25.4 Å². The molecule has 0 spiro atoms. The zero-order valence-electron chi connectivity index (χ0n) is 10.7. The number of halogens is 3. The van der Waals surface area contributed by atoms with Gasteiger partial charge in [-0.05, 0) is 25.1 Å². The van der Waals surface area contributed by atoms with E-state index in [1.165, 1.54) is 6.07 Å². The molecule has 4 nitrogen and oxygen atoms in total. The van der Waals surface area contributed by atoms with Gasteiger partial charge in [-0.1, -0.05) is 0 Å². The minimum absolute atomic E-state index is 0.191. The Labute approximate surface area is 114 Å². The Morgan fingerprint density at radius 1 is 1.50 bits per heavy atom. The fourth-order valence-corrected chi connectivity index (χ4v) is 2.22. The number of aliphatic hydroxyl groups excluding tert-OH is 1. The largest absolute Gasteiger partial charge is 0.417 e. The summed E-state index contributed by atoms with van der Waals surface area (Å²) in [5, 5.41) is 17.8. The molecular weight excluding hydrogens is 273 g/mol. The number of anilines is 1. The summed E-state index contributed by atoms with van der Waals surface area (Å²) in [7, 11) is 0. The van der Waals surface area contributed by atoms with E-state index >= 15 is 0 Å². The molecule has 1 aliphatic heterocycles. The lowest BCUT2D eigenvalue weighted by atomic mass is 10.1. The van der Waals surface area contributed by atoms with E-state index in [9.17, 15) is 13.2 Å². The lowest BCUT2D eigenvalue weighted by Gasteiger charge is -2.23. The standard InChI is InChI=1S/C13H13F3N2O2/c1-8-18(6-11(7-19)20-8)10-3-2-9(5-17)12(4-10)13(14,15)16/h2-4,8,11,19H,6-7H2,1H3/t8-,11+/m1/s1. The van der Waals surface area contributed by atoms with Crippen molar-refractivity contribution in [1.29, 1.82) is 5.26 Å². The summed E-state index contributed by atoms with van der Waals surface area (Å²) in [6.07, 6.45) is -5.43. The minimum atomic E-state index is -4.58. The Kier molecular flexibility index (Phi) is 3.88. The molecule has 1 heterocycles. The molecule has 1 fully saturated rings. The molecule has 1 aromatic carbocycles. The molecule has 1 saturated heterocycles. The van der Waals surface area contributed by atoms with Gasteiger partial charge in [-0.25, -0.2) is 0 Å². The van der Waals surface area contributed by atoms with Crippen LogP contribution in [0.4, 0.5) is 18.9 Å². The Morgan fingerprint density at radius 3 is 2.70 bits per heavy atom. The van der Waals surface area contributed by atoms with Crippen LogP contribution in [0.3, 0.4) is 0 Å². The van der Waals surface area contributed by atoms with Gasteiger partial charge in [0.25, 0.3) is 0 Å². The van der Waals surface area contributed by atoms with Crippen LogP contribution in [0.25, 0.3) is 0 Å². The molecule has 1 N–H and O–H groups in total. The van der Waals surface area contributed by atoms with Crippen LogP contribution in [0, 0.1) is 11.3 Å². The second kappa shape index (κ2) is 5.31. The molecule has 0 radical (unpaired) electrons. The van der Waals surface area contributed by atoms with Gasteiger partial charge in [0.2, 0.25) is 0 Å². The van der Waals surface area contributed by atoms with E-state index in [1.807, 2.05) is 0 Å². The number of nitriles is 1. The average Bonchev–Trinajstić information content (AvgIpc) is 2.78. The highest BCUT2D eigenvalue weighted by Gasteiger charge is 2.36. The van der Waals surface area contributed by atoms with Gasteiger partial charge in [-0.3, -0.25) is 0 Å². The monoisotopic (exact) mass is 286 g/mol. The topological polar surface area (TPSA) is 56.5 Å². The molecule has 0 aromatic heterocycles. The fraction of sp³-hybridized carbons (Fsp3) is 0.462. The third-order valence-corrected chi connectivity index (χ3v) is 3.19. The summed E-state index contributed by atoms with van der Waals surface area (Å²) >= 11 is 0. The first-order chi connectivity index (χ1) is 9.36. The van der Waals surface area contributed by atoms with Gasteiger partial charge in [0, 0.05) is 12.2 Å². The Morgan fingerprint density at radius 2 is 2.20 bits per heavy atom. The highest BCUT2D eigenvalue weighted by atomic mass is 19.4. The summed E-state index contributed by atoms with van der Waals surface area (Å²) in [5.41, 5.74) is -1.05. The van der Waals surface area contributed by atoms with Crippen LogP contribution in [-0.4, -0.2) is 30.6 Å². The molecule has 0 unspecified atom stereocenters. The Balaban J connectivity index is 2.38. The van der Waals surface area contributed by atoms with E-state index in [-0.39, 0.29) is 6.61 Å². The number of nitrogens with zero attached hydrogens (tertiary/aromatic N) is 2. The molecule has 108 valence electrons. The van der Waals surface area contributed by atoms with Crippen molar-refractivity contribution in [2.24, 2.45) is 0 Å². The van der Waals surface area contributed by atoms with Gasteiger partial charge in [-0.15, -0.1) is 0 Å². The maximum atomic E-state index is 12.9. The van der Waals surface area contributed by atoms with Gasteiger partial charge in [-0.2, -0.15) is 18.4 Å². The van der Waals surface area contributed by atoms with Gasteiger partial charge in [0.05, 0.1) is 23.8 Å². The van der Waals surface area contributed by atoms with Crippen LogP contribution in [0.1, 0.15) is 18.1 Å². The lowest BCUT2D eigenvalue weighted by molar-refractivity contribution is -0.137. The van der Waals surface area contributed by atoms with Crippen LogP contribution in [0.5, 0.6) is 0 Å². The van der Waals surface area contributed by atoms with E-state index in [0.717, 1.165) is 12.1 Å². The maximum Gasteiger partial charge on any atom is 0.417 e. The van der Waals surface area contributed by atoms with Gasteiger partial charge in [0.1, 0.15) is 12.3 Å². The number of rotatable bonds is 2. The molecule has 0 amide bonds. The quantitative estimate of drug-likeness (QED) is 0.904.